The Hall–Kier alpha value is -10.4. The molecule has 18 rings (SSSR count). The van der Waals surface area contributed by atoms with E-state index in [4.69, 9.17) is 0 Å². The molecule has 0 radical (unpaired) electrons. The molecule has 466 valence electrons. The van der Waals surface area contributed by atoms with Gasteiger partial charge in [0, 0.05) is 0 Å². The van der Waals surface area contributed by atoms with Gasteiger partial charge in [-0.3, -0.25) is 0 Å². The third-order valence-corrected chi connectivity index (χ3v) is 18.3. The largest absolute Gasteiger partial charge is 0.0995 e. The van der Waals surface area contributed by atoms with Crippen LogP contribution in [0.1, 0.15) is 128 Å². The van der Waals surface area contributed by atoms with Crippen LogP contribution in [0.4, 0.5) is 0 Å². The summed E-state index contributed by atoms with van der Waals surface area (Å²) in [6, 6.07) is 67.8. The lowest BCUT2D eigenvalue weighted by atomic mass is 9.88. The third-order valence-electron chi connectivity index (χ3n) is 18.3. The van der Waals surface area contributed by atoms with E-state index in [2.05, 4.69) is 308 Å². The van der Waals surface area contributed by atoms with Crippen LogP contribution in [0.25, 0.3) is 46.1 Å². The Balaban J connectivity index is 0.000000115. The van der Waals surface area contributed by atoms with Crippen LogP contribution >= 0.6 is 0 Å². The average molecular weight is 1220 g/mol. The molecule has 0 atom stereocenters. The van der Waals surface area contributed by atoms with Gasteiger partial charge >= 0.3 is 0 Å². The highest BCUT2D eigenvalue weighted by Crippen LogP contribution is 2.34. The van der Waals surface area contributed by atoms with Crippen LogP contribution in [0.5, 0.6) is 0 Å². The van der Waals surface area contributed by atoms with Crippen LogP contribution < -0.4 is 0 Å². The molecule has 0 aliphatic heterocycles. The van der Waals surface area contributed by atoms with Gasteiger partial charge in [-0.05, 0) is 223 Å². The van der Waals surface area contributed by atoms with Crippen LogP contribution in [0.15, 0.2) is 341 Å². The van der Waals surface area contributed by atoms with Gasteiger partial charge in [0.1, 0.15) is 0 Å². The summed E-state index contributed by atoms with van der Waals surface area (Å²) >= 11 is 0. The Bertz CT molecular complexity index is 4370. The number of hydrogen-bond donors (Lipinski definition) is 0. The lowest BCUT2D eigenvalue weighted by Crippen LogP contribution is -2.03. The molecule has 0 heteroatoms. The second-order valence-corrected chi connectivity index (χ2v) is 25.2. The van der Waals surface area contributed by atoms with E-state index < -0.39 is 0 Å². The van der Waals surface area contributed by atoms with Gasteiger partial charge in [0.15, 0.2) is 0 Å². The fourth-order valence-corrected chi connectivity index (χ4v) is 13.1. The van der Waals surface area contributed by atoms with Gasteiger partial charge in [0.2, 0.25) is 0 Å². The minimum atomic E-state index is 0.997. The Morgan fingerprint density at radius 2 is 0.691 bits per heavy atom. The van der Waals surface area contributed by atoms with E-state index in [0.717, 1.165) is 62.5 Å². The normalized spacial score (nSPS) is 15.8. The number of aryl methyl sites for hydroxylation is 3. The predicted molar refractivity (Wildman–Crippen MR) is 412 cm³/mol. The first kappa shape index (κ1) is 66.5. The van der Waals surface area contributed by atoms with Crippen molar-refractivity contribution in [2.45, 2.75) is 89.9 Å². The van der Waals surface area contributed by atoms with Gasteiger partial charge < -0.3 is 0 Å². The van der Waals surface area contributed by atoms with E-state index in [-0.39, 0.29) is 0 Å². The minimum Gasteiger partial charge on any atom is -0.0995 e. The maximum absolute atomic E-state index is 4.06. The quantitative estimate of drug-likeness (QED) is 0.133. The lowest BCUT2D eigenvalue weighted by molar-refractivity contribution is 0.823. The van der Waals surface area contributed by atoms with E-state index in [1.165, 1.54) is 178 Å². The average Bonchev–Trinajstić information content (AvgIpc) is 3.45. The summed E-state index contributed by atoms with van der Waals surface area (Å²) in [4.78, 5) is 0. The molecule has 8 aromatic rings. The van der Waals surface area contributed by atoms with Crippen molar-refractivity contribution in [3.63, 3.8) is 0 Å². The molecular weight excluding hydrogens is 1130 g/mol. The van der Waals surface area contributed by atoms with Crippen molar-refractivity contribution in [1.29, 1.82) is 0 Å². The van der Waals surface area contributed by atoms with E-state index in [0.29, 0.717) is 0 Å². The summed E-state index contributed by atoms with van der Waals surface area (Å²) in [6.45, 7) is 35.7. The molecule has 0 saturated heterocycles. The number of allylic oxidation sites excluding steroid dienone is 20. The number of rotatable bonds is 0. The highest BCUT2D eigenvalue weighted by atomic mass is 14.2. The molecule has 0 bridgehead atoms. The van der Waals surface area contributed by atoms with Crippen molar-refractivity contribution in [3.05, 3.63) is 430 Å². The van der Waals surface area contributed by atoms with Crippen molar-refractivity contribution in [2.24, 2.45) is 0 Å². The standard InChI is InChI=1S/C11H12.2C11H10.C11H12.C11H10.2C10H10.C10H8.C9H8/c3*1-9-5-4-7-10-6-2-3-8-11(9)10;2*1-9-6-7-10-4-2-3-5-11(10)8-9;1-8-6-9-4-2-3-5-10(9)7-8;2*1-8-6-7-9-4-2-3-5-10(8)9;1-7-5-6-8-3-2-4-9(7)8/h2-3,6,8H,1,4-5,7H2;2-4,6-8H,1,5H2;2-6,8H,1,7H2;2-5H,1,6-8H2;2-7H,1,8H2;2*2-5H,1,6-7H2;2-7H,1H2;2,4-6H,1,3H2. The Kier molecular flexibility index (Phi) is 23.5. The summed E-state index contributed by atoms with van der Waals surface area (Å²) < 4.78 is 0. The van der Waals surface area contributed by atoms with Crippen LogP contribution in [-0.2, 0) is 51.4 Å². The molecule has 10 aliphatic rings. The first-order chi connectivity index (χ1) is 45.8. The molecule has 0 heterocycles. The number of benzene rings is 8. The molecule has 0 fully saturated rings. The molecule has 0 amide bonds. The van der Waals surface area contributed by atoms with Gasteiger partial charge in [0.25, 0.3) is 0 Å². The zero-order chi connectivity index (χ0) is 65.6. The Morgan fingerprint density at radius 3 is 1.31 bits per heavy atom. The molecule has 0 N–H and O–H groups in total. The first-order valence-corrected chi connectivity index (χ1v) is 33.4. The van der Waals surface area contributed by atoms with Gasteiger partial charge in [-0.25, -0.2) is 0 Å². The summed E-state index contributed by atoms with van der Waals surface area (Å²) in [5.41, 5.74) is 36.1. The molecule has 10 aliphatic carbocycles. The maximum Gasteiger partial charge on any atom is -0.00257 e. The highest BCUT2D eigenvalue weighted by Gasteiger charge is 2.16. The third kappa shape index (κ3) is 18.2. The van der Waals surface area contributed by atoms with E-state index >= 15 is 0 Å². The Labute approximate surface area is 563 Å². The fourth-order valence-electron chi connectivity index (χ4n) is 13.1. The number of fused-ring (bicyclic) bond motifs is 8. The zero-order valence-corrected chi connectivity index (χ0v) is 55.2. The first-order valence-electron chi connectivity index (χ1n) is 33.4. The molecule has 0 unspecified atom stereocenters. The van der Waals surface area contributed by atoms with Crippen LogP contribution in [0, 0.1) is 0 Å². The summed E-state index contributed by atoms with van der Waals surface area (Å²) in [5, 5.41) is 0. The minimum absolute atomic E-state index is 0.997. The van der Waals surface area contributed by atoms with E-state index in [9.17, 15) is 0 Å². The van der Waals surface area contributed by atoms with Crippen molar-refractivity contribution in [3.8, 4) is 0 Å². The smallest absolute Gasteiger partial charge is 0.00257 e. The molecule has 0 saturated carbocycles. The van der Waals surface area contributed by atoms with Crippen LogP contribution in [-0.4, -0.2) is 0 Å². The maximum atomic E-state index is 4.06. The molecule has 0 aromatic heterocycles. The van der Waals surface area contributed by atoms with Gasteiger partial charge in [-0.15, -0.1) is 0 Å². The SMILES string of the molecule is C=C1C=CC2=C1C=CC2.C=C1C=CCc2ccccc21.C=C1C=Cc2ccccc21.C=C1C=Cc2ccccc2C1.C=C1CC=Cc2ccccc21.C=C1CCCc2ccccc21.C=C1CCc2ccccc21.C=C1CCc2ccccc2C1.C=C1Cc2ccccc2C1. The summed E-state index contributed by atoms with van der Waals surface area (Å²) in [6.07, 6.45) is 41.3. The summed E-state index contributed by atoms with van der Waals surface area (Å²) in [7, 11) is 0. The topological polar surface area (TPSA) is 0 Å². The van der Waals surface area contributed by atoms with Gasteiger partial charge in [0.05, 0.1) is 0 Å². The second-order valence-electron chi connectivity index (χ2n) is 25.2. The van der Waals surface area contributed by atoms with E-state index in [1.54, 1.807) is 0 Å². The van der Waals surface area contributed by atoms with Crippen molar-refractivity contribution in [1.82, 2.24) is 0 Å². The molecule has 8 aromatic carbocycles. The number of hydrogen-bond acceptors (Lipinski definition) is 0. The Morgan fingerprint density at radius 1 is 0.234 bits per heavy atom. The van der Waals surface area contributed by atoms with Gasteiger partial charge in [-0.2, -0.15) is 0 Å². The monoisotopic (exact) mass is 1220 g/mol. The van der Waals surface area contributed by atoms with Crippen molar-refractivity contribution < 1.29 is 0 Å². The molecule has 94 heavy (non-hydrogen) atoms. The van der Waals surface area contributed by atoms with Crippen molar-refractivity contribution >= 4 is 46.1 Å². The lowest BCUT2D eigenvalue weighted by Gasteiger charge is -2.16. The van der Waals surface area contributed by atoms with Crippen molar-refractivity contribution in [2.75, 3.05) is 0 Å². The van der Waals surface area contributed by atoms with E-state index in [1.807, 2.05) is 18.2 Å². The molecule has 0 nitrogen and oxygen atoms in total. The second kappa shape index (κ2) is 33.3. The molecule has 0 spiro atoms. The van der Waals surface area contributed by atoms with Crippen LogP contribution in [0.3, 0.4) is 0 Å². The summed E-state index contributed by atoms with van der Waals surface area (Å²) in [5.74, 6) is 0. The predicted octanol–water partition coefficient (Wildman–Crippen LogP) is 24.6. The van der Waals surface area contributed by atoms with Gasteiger partial charge in [-0.1, -0.05) is 343 Å². The fraction of sp³-hybridized carbons (Fsp3) is 0.149. The zero-order valence-electron chi connectivity index (χ0n) is 55.2. The van der Waals surface area contributed by atoms with Crippen LogP contribution in [0.2, 0.25) is 0 Å². The highest BCUT2D eigenvalue weighted by molar-refractivity contribution is 5.88. The molecular formula is C94H90.